The Labute approximate surface area is 97.6 Å². The van der Waals surface area contributed by atoms with Crippen LogP contribution in [0.15, 0.2) is 23.1 Å². The summed E-state index contributed by atoms with van der Waals surface area (Å²) in [7, 11) is -3.15. The van der Waals surface area contributed by atoms with E-state index in [2.05, 4.69) is 0 Å². The lowest BCUT2D eigenvalue weighted by Crippen LogP contribution is -2.34. The Morgan fingerprint density at radius 3 is 2.31 bits per heavy atom. The third kappa shape index (κ3) is 3.61. The molecule has 0 atom stereocenters. The summed E-state index contributed by atoms with van der Waals surface area (Å²) in [6, 6.07) is 5.48. The van der Waals surface area contributed by atoms with E-state index in [-0.39, 0.29) is 5.54 Å². The van der Waals surface area contributed by atoms with Crippen molar-refractivity contribution in [1.82, 2.24) is 0 Å². The van der Waals surface area contributed by atoms with Gasteiger partial charge >= 0.3 is 0 Å². The summed E-state index contributed by atoms with van der Waals surface area (Å²) in [5.41, 5.74) is 7.32. The minimum Gasteiger partial charge on any atom is -0.325 e. The standard InChI is InChI=1S/C12H19NO2S/c1-9-5-6-10(8-12(2,3)13)7-11(9)16(4,14)15/h5-7H,8,13H2,1-4H3. The molecule has 0 aliphatic heterocycles. The summed E-state index contributed by atoms with van der Waals surface area (Å²) in [4.78, 5) is 0.397. The van der Waals surface area contributed by atoms with E-state index in [9.17, 15) is 8.42 Å². The first kappa shape index (κ1) is 13.2. The Morgan fingerprint density at radius 2 is 1.88 bits per heavy atom. The van der Waals surface area contributed by atoms with Gasteiger partial charge in [0.2, 0.25) is 0 Å². The molecule has 0 saturated heterocycles. The van der Waals surface area contributed by atoms with Gasteiger partial charge in [0, 0.05) is 11.8 Å². The van der Waals surface area contributed by atoms with Crippen LogP contribution in [0.5, 0.6) is 0 Å². The van der Waals surface area contributed by atoms with Gasteiger partial charge in [-0.1, -0.05) is 12.1 Å². The quantitative estimate of drug-likeness (QED) is 0.876. The lowest BCUT2D eigenvalue weighted by Gasteiger charge is -2.19. The smallest absolute Gasteiger partial charge is 0.175 e. The fraction of sp³-hybridized carbons (Fsp3) is 0.500. The van der Waals surface area contributed by atoms with E-state index in [1.165, 1.54) is 6.26 Å². The molecule has 3 nitrogen and oxygen atoms in total. The Bertz CT molecular complexity index is 484. The molecule has 0 heterocycles. The highest BCUT2D eigenvalue weighted by molar-refractivity contribution is 7.90. The van der Waals surface area contributed by atoms with Crippen LogP contribution in [0.2, 0.25) is 0 Å². The van der Waals surface area contributed by atoms with Gasteiger partial charge < -0.3 is 5.73 Å². The third-order valence-corrected chi connectivity index (χ3v) is 3.55. The number of aryl methyl sites for hydroxylation is 1. The average molecular weight is 241 g/mol. The van der Waals surface area contributed by atoms with Gasteiger partial charge in [-0.15, -0.1) is 0 Å². The monoisotopic (exact) mass is 241 g/mol. The molecule has 4 heteroatoms. The molecule has 0 aliphatic rings. The van der Waals surface area contributed by atoms with Crippen LogP contribution in [-0.2, 0) is 16.3 Å². The Kier molecular flexibility index (Phi) is 3.45. The summed E-state index contributed by atoms with van der Waals surface area (Å²) >= 11 is 0. The number of rotatable bonds is 3. The van der Waals surface area contributed by atoms with Gasteiger partial charge in [-0.05, 0) is 44.4 Å². The zero-order chi connectivity index (χ0) is 12.6. The molecule has 0 aliphatic carbocycles. The zero-order valence-corrected chi connectivity index (χ0v) is 11.1. The largest absolute Gasteiger partial charge is 0.325 e. The van der Waals surface area contributed by atoms with E-state index in [1.54, 1.807) is 13.0 Å². The van der Waals surface area contributed by atoms with E-state index in [0.29, 0.717) is 11.3 Å². The molecule has 0 bridgehead atoms. The number of sulfone groups is 1. The van der Waals surface area contributed by atoms with Crippen molar-refractivity contribution in [2.24, 2.45) is 5.73 Å². The van der Waals surface area contributed by atoms with E-state index in [0.717, 1.165) is 11.1 Å². The maximum atomic E-state index is 11.5. The van der Waals surface area contributed by atoms with Crippen molar-refractivity contribution in [3.63, 3.8) is 0 Å². The van der Waals surface area contributed by atoms with Crippen LogP contribution in [0.1, 0.15) is 25.0 Å². The summed E-state index contributed by atoms with van der Waals surface area (Å²) < 4.78 is 23.1. The molecule has 1 aromatic rings. The van der Waals surface area contributed by atoms with Crippen molar-refractivity contribution in [3.05, 3.63) is 29.3 Å². The fourth-order valence-electron chi connectivity index (χ4n) is 1.68. The summed E-state index contributed by atoms with van der Waals surface area (Å²) in [6.07, 6.45) is 1.89. The van der Waals surface area contributed by atoms with E-state index < -0.39 is 9.84 Å². The molecule has 0 saturated carbocycles. The van der Waals surface area contributed by atoms with Crippen molar-refractivity contribution < 1.29 is 8.42 Å². The first-order chi connectivity index (χ1) is 7.09. The van der Waals surface area contributed by atoms with E-state index >= 15 is 0 Å². The molecule has 0 aromatic heterocycles. The molecule has 90 valence electrons. The van der Waals surface area contributed by atoms with Gasteiger partial charge in [-0.3, -0.25) is 0 Å². The van der Waals surface area contributed by atoms with Crippen molar-refractivity contribution in [3.8, 4) is 0 Å². The van der Waals surface area contributed by atoms with Crippen LogP contribution < -0.4 is 5.73 Å². The molecular weight excluding hydrogens is 222 g/mol. The SMILES string of the molecule is Cc1ccc(CC(C)(C)N)cc1S(C)(=O)=O. The van der Waals surface area contributed by atoms with Crippen LogP contribution in [0.4, 0.5) is 0 Å². The van der Waals surface area contributed by atoms with Crippen molar-refractivity contribution >= 4 is 9.84 Å². The van der Waals surface area contributed by atoms with Gasteiger partial charge in [0.15, 0.2) is 9.84 Å². The van der Waals surface area contributed by atoms with Crippen LogP contribution in [-0.4, -0.2) is 20.2 Å². The highest BCUT2D eigenvalue weighted by Gasteiger charge is 2.15. The molecular formula is C12H19NO2S. The van der Waals surface area contributed by atoms with Crippen LogP contribution >= 0.6 is 0 Å². The summed E-state index contributed by atoms with van der Waals surface area (Å²) in [5, 5.41) is 0. The minimum atomic E-state index is -3.15. The van der Waals surface area contributed by atoms with Gasteiger partial charge in [0.05, 0.1) is 4.90 Å². The highest BCUT2D eigenvalue weighted by atomic mass is 32.2. The minimum absolute atomic E-state index is 0.329. The lowest BCUT2D eigenvalue weighted by molar-refractivity contribution is 0.516. The fourth-order valence-corrected chi connectivity index (χ4v) is 2.70. The van der Waals surface area contributed by atoms with Crippen LogP contribution in [0.3, 0.4) is 0 Å². The summed E-state index contributed by atoms with van der Waals surface area (Å²) in [6.45, 7) is 5.65. The van der Waals surface area contributed by atoms with Crippen molar-refractivity contribution in [2.45, 2.75) is 37.6 Å². The average Bonchev–Trinajstić information content (AvgIpc) is 2.04. The Hall–Kier alpha value is -0.870. The number of hydrogen-bond acceptors (Lipinski definition) is 3. The lowest BCUT2D eigenvalue weighted by atomic mass is 9.96. The van der Waals surface area contributed by atoms with Crippen LogP contribution in [0, 0.1) is 6.92 Å². The normalized spacial score (nSPS) is 12.8. The van der Waals surface area contributed by atoms with E-state index in [1.807, 2.05) is 26.0 Å². The van der Waals surface area contributed by atoms with Gasteiger partial charge in [-0.25, -0.2) is 8.42 Å². The molecule has 0 spiro atoms. The molecule has 2 N–H and O–H groups in total. The number of nitrogens with two attached hydrogens (primary N) is 1. The summed E-state index contributed by atoms with van der Waals surface area (Å²) in [5.74, 6) is 0. The Balaban J connectivity index is 3.19. The molecule has 1 aromatic carbocycles. The first-order valence-corrected chi connectivity index (χ1v) is 7.07. The molecule has 1 rings (SSSR count). The predicted molar refractivity (Wildman–Crippen MR) is 66.3 cm³/mol. The maximum Gasteiger partial charge on any atom is 0.175 e. The second-order valence-electron chi connectivity index (χ2n) is 5.04. The van der Waals surface area contributed by atoms with Crippen LogP contribution in [0.25, 0.3) is 0 Å². The topological polar surface area (TPSA) is 60.2 Å². The van der Waals surface area contributed by atoms with Gasteiger partial charge in [0.25, 0.3) is 0 Å². The molecule has 16 heavy (non-hydrogen) atoms. The highest BCUT2D eigenvalue weighted by Crippen LogP contribution is 2.19. The second-order valence-corrected chi connectivity index (χ2v) is 7.02. The predicted octanol–water partition coefficient (Wildman–Crippen LogP) is 1.68. The number of benzene rings is 1. The maximum absolute atomic E-state index is 11.5. The Morgan fingerprint density at radius 1 is 1.31 bits per heavy atom. The first-order valence-electron chi connectivity index (χ1n) is 5.18. The second kappa shape index (κ2) is 4.18. The van der Waals surface area contributed by atoms with Gasteiger partial charge in [-0.2, -0.15) is 0 Å². The number of hydrogen-bond donors (Lipinski definition) is 1. The molecule has 0 radical (unpaired) electrons. The third-order valence-electron chi connectivity index (χ3n) is 2.31. The molecule has 0 unspecified atom stereocenters. The van der Waals surface area contributed by atoms with Crippen molar-refractivity contribution in [1.29, 1.82) is 0 Å². The van der Waals surface area contributed by atoms with Gasteiger partial charge in [0.1, 0.15) is 0 Å². The molecule has 0 amide bonds. The van der Waals surface area contributed by atoms with E-state index in [4.69, 9.17) is 5.73 Å². The molecule has 0 fully saturated rings. The van der Waals surface area contributed by atoms with Crippen molar-refractivity contribution in [2.75, 3.05) is 6.26 Å². The zero-order valence-electron chi connectivity index (χ0n) is 10.2.